The molecular formula is C20H17IN2O6. The SMILES string of the molecule is Cn1c(-c2cccc(NC(=O)CCC(=O)O)c2)c(I)c2cc(C(=O)O)c(O)cc21. The first-order valence-corrected chi connectivity index (χ1v) is 9.63. The van der Waals surface area contributed by atoms with Crippen LogP contribution < -0.4 is 5.32 Å². The van der Waals surface area contributed by atoms with E-state index in [0.717, 1.165) is 14.8 Å². The van der Waals surface area contributed by atoms with Crippen LogP contribution in [0.1, 0.15) is 23.2 Å². The van der Waals surface area contributed by atoms with Crippen LogP contribution in [0.25, 0.3) is 22.2 Å². The lowest BCUT2D eigenvalue weighted by Gasteiger charge is -2.09. The summed E-state index contributed by atoms with van der Waals surface area (Å²) in [5.41, 5.74) is 2.59. The van der Waals surface area contributed by atoms with Crippen molar-refractivity contribution in [1.29, 1.82) is 0 Å². The molecule has 0 unspecified atom stereocenters. The van der Waals surface area contributed by atoms with Crippen LogP contribution in [-0.2, 0) is 16.6 Å². The molecule has 3 aromatic rings. The summed E-state index contributed by atoms with van der Waals surface area (Å²) < 4.78 is 2.64. The van der Waals surface area contributed by atoms with Crippen LogP contribution in [0.3, 0.4) is 0 Å². The topological polar surface area (TPSA) is 129 Å². The molecule has 0 radical (unpaired) electrons. The molecule has 2 aromatic carbocycles. The maximum atomic E-state index is 11.9. The zero-order valence-corrected chi connectivity index (χ0v) is 17.4. The van der Waals surface area contributed by atoms with E-state index in [1.54, 1.807) is 25.2 Å². The average Bonchev–Trinajstić information content (AvgIpc) is 2.89. The number of phenols is 1. The van der Waals surface area contributed by atoms with Crippen molar-refractivity contribution in [2.45, 2.75) is 12.8 Å². The predicted octanol–water partition coefficient (Wildman–Crippen LogP) is 3.66. The van der Waals surface area contributed by atoms with E-state index in [1.165, 1.54) is 12.1 Å². The van der Waals surface area contributed by atoms with Crippen LogP contribution in [0.4, 0.5) is 5.69 Å². The number of nitrogens with zero attached hydrogens (tertiary/aromatic N) is 1. The minimum absolute atomic E-state index is 0.123. The molecular weight excluding hydrogens is 491 g/mol. The Bertz CT molecular complexity index is 1150. The summed E-state index contributed by atoms with van der Waals surface area (Å²) in [7, 11) is 1.80. The normalized spacial score (nSPS) is 10.8. The molecule has 0 saturated heterocycles. The van der Waals surface area contributed by atoms with Crippen LogP contribution in [0.2, 0.25) is 0 Å². The van der Waals surface area contributed by atoms with Gasteiger partial charge in [-0.1, -0.05) is 12.1 Å². The number of aromatic hydroxyl groups is 1. The van der Waals surface area contributed by atoms with Crippen molar-refractivity contribution >= 4 is 57.0 Å². The Morgan fingerprint density at radius 3 is 2.48 bits per heavy atom. The molecule has 4 N–H and O–H groups in total. The fraction of sp³-hybridized carbons (Fsp3) is 0.150. The molecule has 3 rings (SSSR count). The molecule has 0 aliphatic carbocycles. The molecule has 1 amide bonds. The molecule has 0 saturated carbocycles. The van der Waals surface area contributed by atoms with Crippen LogP contribution in [-0.4, -0.2) is 37.7 Å². The highest BCUT2D eigenvalue weighted by atomic mass is 127. The van der Waals surface area contributed by atoms with E-state index >= 15 is 0 Å². The number of rotatable bonds is 6. The van der Waals surface area contributed by atoms with Gasteiger partial charge in [0.15, 0.2) is 0 Å². The van der Waals surface area contributed by atoms with Gasteiger partial charge in [-0.3, -0.25) is 9.59 Å². The highest BCUT2D eigenvalue weighted by Crippen LogP contribution is 2.37. The Morgan fingerprint density at radius 2 is 1.83 bits per heavy atom. The van der Waals surface area contributed by atoms with Gasteiger partial charge in [0.05, 0.1) is 17.6 Å². The van der Waals surface area contributed by atoms with Crippen molar-refractivity contribution in [2.75, 3.05) is 5.32 Å². The van der Waals surface area contributed by atoms with Crippen molar-refractivity contribution < 1.29 is 29.7 Å². The molecule has 1 heterocycles. The van der Waals surface area contributed by atoms with Crippen molar-refractivity contribution in [3.8, 4) is 17.0 Å². The zero-order valence-electron chi connectivity index (χ0n) is 15.3. The van der Waals surface area contributed by atoms with E-state index in [-0.39, 0.29) is 24.2 Å². The highest BCUT2D eigenvalue weighted by molar-refractivity contribution is 14.1. The molecule has 0 atom stereocenters. The summed E-state index contributed by atoms with van der Waals surface area (Å²) in [4.78, 5) is 33.9. The number of benzene rings is 2. The van der Waals surface area contributed by atoms with Gasteiger partial charge in [-0.25, -0.2) is 4.79 Å². The van der Waals surface area contributed by atoms with Gasteiger partial charge in [0.2, 0.25) is 5.91 Å². The Morgan fingerprint density at radius 1 is 1.10 bits per heavy atom. The predicted molar refractivity (Wildman–Crippen MR) is 115 cm³/mol. The van der Waals surface area contributed by atoms with E-state index in [0.29, 0.717) is 16.6 Å². The van der Waals surface area contributed by atoms with E-state index in [4.69, 9.17) is 5.11 Å². The second-order valence-electron chi connectivity index (χ2n) is 6.44. The van der Waals surface area contributed by atoms with Gasteiger partial charge in [-0.2, -0.15) is 0 Å². The lowest BCUT2D eigenvalue weighted by atomic mass is 10.1. The Labute approximate surface area is 178 Å². The van der Waals surface area contributed by atoms with Crippen molar-refractivity contribution in [2.24, 2.45) is 7.05 Å². The van der Waals surface area contributed by atoms with Crippen molar-refractivity contribution in [3.05, 3.63) is 45.5 Å². The van der Waals surface area contributed by atoms with E-state index in [2.05, 4.69) is 27.9 Å². The number of aromatic nitrogens is 1. The fourth-order valence-corrected chi connectivity index (χ4v) is 4.21. The van der Waals surface area contributed by atoms with Crippen molar-refractivity contribution in [1.82, 2.24) is 4.57 Å². The first-order valence-electron chi connectivity index (χ1n) is 8.55. The summed E-state index contributed by atoms with van der Waals surface area (Å²) in [6.07, 6.45) is -0.371. The molecule has 0 bridgehead atoms. The number of hydrogen-bond donors (Lipinski definition) is 4. The third-order valence-corrected chi connectivity index (χ3v) is 5.56. The lowest BCUT2D eigenvalue weighted by molar-refractivity contribution is -0.138. The monoisotopic (exact) mass is 508 g/mol. The summed E-state index contributed by atoms with van der Waals surface area (Å²) in [6, 6.07) is 9.92. The molecule has 29 heavy (non-hydrogen) atoms. The molecule has 150 valence electrons. The number of carboxylic acid groups (broad SMARTS) is 2. The number of halogens is 1. The van der Waals surface area contributed by atoms with Crippen LogP contribution in [0.15, 0.2) is 36.4 Å². The average molecular weight is 508 g/mol. The third kappa shape index (κ3) is 4.19. The third-order valence-electron chi connectivity index (χ3n) is 4.47. The summed E-state index contributed by atoms with van der Waals surface area (Å²) >= 11 is 2.12. The second-order valence-corrected chi connectivity index (χ2v) is 7.51. The van der Waals surface area contributed by atoms with Gasteiger partial charge in [0.25, 0.3) is 0 Å². The molecule has 9 heteroatoms. The summed E-state index contributed by atoms with van der Waals surface area (Å²) in [5, 5.41) is 31.3. The molecule has 0 aliphatic rings. The molecule has 1 aromatic heterocycles. The molecule has 0 spiro atoms. The van der Waals surface area contributed by atoms with Crippen LogP contribution in [0, 0.1) is 3.57 Å². The Kier molecular flexibility index (Phi) is 5.78. The number of nitrogens with one attached hydrogen (secondary N) is 1. The second kappa shape index (κ2) is 8.11. The number of anilines is 1. The minimum atomic E-state index is -1.21. The van der Waals surface area contributed by atoms with Gasteiger partial charge in [-0.05, 0) is 40.8 Å². The standard InChI is InChI=1S/C20H17IN2O6/c1-23-14-9-15(24)13(20(28)29)8-12(14)18(21)19(23)10-3-2-4-11(7-10)22-16(25)5-6-17(26)27/h2-4,7-9,24H,5-6H2,1H3,(H,22,25)(H,26,27)(H,28,29). The quantitative estimate of drug-likeness (QED) is 0.377. The largest absolute Gasteiger partial charge is 0.507 e. The van der Waals surface area contributed by atoms with Gasteiger partial charge in [-0.15, -0.1) is 0 Å². The first kappa shape index (κ1) is 20.6. The summed E-state index contributed by atoms with van der Waals surface area (Å²) in [5.74, 6) is -2.96. The number of aliphatic carboxylic acids is 1. The number of carbonyl (C=O) groups is 3. The lowest BCUT2D eigenvalue weighted by Crippen LogP contribution is -2.13. The first-order chi connectivity index (χ1) is 13.7. The van der Waals surface area contributed by atoms with Gasteiger partial charge >= 0.3 is 11.9 Å². The number of amides is 1. The van der Waals surface area contributed by atoms with Crippen molar-refractivity contribution in [3.63, 3.8) is 0 Å². The Hall–Kier alpha value is -3.08. The molecule has 8 nitrogen and oxygen atoms in total. The zero-order chi connectivity index (χ0) is 21.3. The van der Waals surface area contributed by atoms with E-state index in [1.807, 2.05) is 10.6 Å². The number of carbonyl (C=O) groups excluding carboxylic acids is 1. The molecule has 0 fully saturated rings. The van der Waals surface area contributed by atoms with Gasteiger partial charge < -0.3 is 25.2 Å². The number of fused-ring (bicyclic) bond motifs is 1. The van der Waals surface area contributed by atoms with E-state index in [9.17, 15) is 24.6 Å². The number of aryl methyl sites for hydroxylation is 1. The number of aromatic carboxylic acids is 1. The fourth-order valence-electron chi connectivity index (χ4n) is 3.11. The number of hydrogen-bond acceptors (Lipinski definition) is 4. The smallest absolute Gasteiger partial charge is 0.339 e. The maximum absolute atomic E-state index is 11.9. The Balaban J connectivity index is 2.02. The minimum Gasteiger partial charge on any atom is -0.507 e. The molecule has 0 aliphatic heterocycles. The number of carboxylic acids is 2. The van der Waals surface area contributed by atoms with Gasteiger partial charge in [0.1, 0.15) is 11.3 Å². The van der Waals surface area contributed by atoms with Crippen LogP contribution >= 0.6 is 22.6 Å². The maximum Gasteiger partial charge on any atom is 0.339 e. The van der Waals surface area contributed by atoms with Gasteiger partial charge in [0, 0.05) is 39.7 Å². The van der Waals surface area contributed by atoms with E-state index < -0.39 is 17.8 Å². The van der Waals surface area contributed by atoms with Crippen LogP contribution in [0.5, 0.6) is 5.75 Å². The summed E-state index contributed by atoms with van der Waals surface area (Å²) in [6.45, 7) is 0. The highest BCUT2D eigenvalue weighted by Gasteiger charge is 2.20.